The maximum atomic E-state index is 13.1. The number of aliphatic hydroxyl groups excluding tert-OH is 4. The minimum absolute atomic E-state index is 0.0680. The molecule has 1 fully saturated rings. The lowest BCUT2D eigenvalue weighted by Gasteiger charge is -2.39. The number of aliphatic hydroxyl groups is 4. The number of unbranched alkanes of at least 4 members (excludes halogenated alkanes) is 1. The summed E-state index contributed by atoms with van der Waals surface area (Å²) in [6.07, 6.45) is -8.82. The van der Waals surface area contributed by atoms with Gasteiger partial charge in [-0.15, -0.1) is 0 Å². The van der Waals surface area contributed by atoms with Gasteiger partial charge in [0, 0.05) is 12.2 Å². The Morgan fingerprint density at radius 2 is 1.59 bits per heavy atom. The first-order valence-corrected chi connectivity index (χ1v) is 11.0. The molecule has 5 atom stereocenters. The maximum Gasteiger partial charge on any atom is 0.416 e. The highest BCUT2D eigenvalue weighted by atomic mass is 19.4. The number of aryl methyl sites for hydroxylation is 1. The molecule has 188 valence electrons. The Balaban J connectivity index is 1.40. The second-order valence-electron chi connectivity index (χ2n) is 8.11. The molecule has 1 aliphatic heterocycles. The molecule has 0 amide bonds. The van der Waals surface area contributed by atoms with Gasteiger partial charge in [-0.3, -0.25) is 0 Å². The van der Waals surface area contributed by atoms with Crippen LogP contribution >= 0.6 is 0 Å². The monoisotopic (exact) mass is 486 g/mol. The van der Waals surface area contributed by atoms with E-state index in [1.165, 1.54) is 18.2 Å². The van der Waals surface area contributed by atoms with Crippen molar-refractivity contribution in [2.45, 2.75) is 62.8 Å². The fourth-order valence-corrected chi connectivity index (χ4v) is 3.67. The molecule has 0 spiro atoms. The van der Waals surface area contributed by atoms with E-state index in [1.54, 1.807) is 12.1 Å². The van der Waals surface area contributed by atoms with Gasteiger partial charge in [0.25, 0.3) is 0 Å². The van der Waals surface area contributed by atoms with Gasteiger partial charge in [-0.25, -0.2) is 0 Å². The van der Waals surface area contributed by atoms with Crippen LogP contribution in [0.1, 0.15) is 29.5 Å². The largest absolute Gasteiger partial charge is 0.489 e. The normalized spacial score (nSPS) is 25.3. The number of hydrogen-bond acceptors (Lipinski definition) is 7. The summed E-state index contributed by atoms with van der Waals surface area (Å²) >= 11 is 0. The molecule has 34 heavy (non-hydrogen) atoms. The van der Waals surface area contributed by atoms with E-state index in [0.29, 0.717) is 12.2 Å². The van der Waals surface area contributed by atoms with Gasteiger partial charge in [-0.05, 0) is 43.0 Å². The molecule has 1 heterocycles. The fraction of sp³-hybridized carbons (Fsp3) is 0.500. The van der Waals surface area contributed by atoms with Crippen molar-refractivity contribution < 1.29 is 47.8 Å². The molecule has 0 bridgehead atoms. The third-order valence-corrected chi connectivity index (χ3v) is 5.63. The van der Waals surface area contributed by atoms with Crippen LogP contribution in [0.15, 0.2) is 48.5 Å². The highest BCUT2D eigenvalue weighted by molar-refractivity contribution is 5.31. The molecule has 4 N–H and O–H groups in total. The zero-order chi connectivity index (χ0) is 24.7. The number of benzene rings is 2. The van der Waals surface area contributed by atoms with Crippen LogP contribution in [0.4, 0.5) is 13.2 Å². The Bertz CT molecular complexity index is 889. The van der Waals surface area contributed by atoms with Crippen LogP contribution in [0.3, 0.4) is 0 Å². The molecule has 1 aliphatic rings. The minimum Gasteiger partial charge on any atom is -0.489 e. The highest BCUT2D eigenvalue weighted by Crippen LogP contribution is 2.32. The van der Waals surface area contributed by atoms with Crippen molar-refractivity contribution in [3.63, 3.8) is 0 Å². The van der Waals surface area contributed by atoms with Crippen molar-refractivity contribution >= 4 is 0 Å². The molecule has 0 saturated carbocycles. The standard InChI is InChI=1S/C24H29F3O7/c25-24(26,27)18-7-2-1-6-16(18)14-33-17-10-8-15(9-11-17)5-3-4-12-32-23-22(31)21(30)20(29)19(13-28)34-23/h1-2,6-11,19-23,28-31H,3-5,12-14H2/t19-,20-,21+,22-,23-/m1/s1. The molecule has 0 radical (unpaired) electrons. The maximum absolute atomic E-state index is 13.1. The van der Waals surface area contributed by atoms with E-state index in [4.69, 9.17) is 14.2 Å². The third-order valence-electron chi connectivity index (χ3n) is 5.63. The zero-order valence-electron chi connectivity index (χ0n) is 18.4. The Kier molecular flexibility index (Phi) is 9.29. The van der Waals surface area contributed by atoms with Crippen LogP contribution in [0.5, 0.6) is 5.75 Å². The van der Waals surface area contributed by atoms with Gasteiger partial charge in [0.05, 0.1) is 12.2 Å². The Hall–Kier alpha value is -2.21. The quantitative estimate of drug-likeness (QED) is 0.382. The van der Waals surface area contributed by atoms with E-state index in [9.17, 15) is 33.6 Å². The smallest absolute Gasteiger partial charge is 0.416 e. The summed E-state index contributed by atoms with van der Waals surface area (Å²) in [5.41, 5.74) is 0.368. The van der Waals surface area contributed by atoms with Crippen molar-refractivity contribution in [1.82, 2.24) is 0 Å². The topological polar surface area (TPSA) is 109 Å². The van der Waals surface area contributed by atoms with Crippen LogP contribution in [0.2, 0.25) is 0 Å². The molecule has 3 rings (SSSR count). The van der Waals surface area contributed by atoms with E-state index in [0.717, 1.165) is 24.5 Å². The van der Waals surface area contributed by atoms with Crippen molar-refractivity contribution in [3.8, 4) is 5.75 Å². The first kappa shape index (κ1) is 26.4. The Morgan fingerprint density at radius 1 is 0.882 bits per heavy atom. The second kappa shape index (κ2) is 12.0. The molecule has 7 nitrogen and oxygen atoms in total. The average Bonchev–Trinajstić information content (AvgIpc) is 2.82. The van der Waals surface area contributed by atoms with Crippen LogP contribution in [-0.4, -0.2) is 64.3 Å². The van der Waals surface area contributed by atoms with Gasteiger partial charge in [0.15, 0.2) is 6.29 Å². The van der Waals surface area contributed by atoms with Crippen molar-refractivity contribution in [3.05, 3.63) is 65.2 Å². The first-order chi connectivity index (χ1) is 16.2. The molecule has 0 unspecified atom stereocenters. The summed E-state index contributed by atoms with van der Waals surface area (Å²) in [6.45, 7) is -0.466. The molecule has 10 heteroatoms. The lowest BCUT2D eigenvalue weighted by atomic mass is 9.99. The number of alkyl halides is 3. The third kappa shape index (κ3) is 6.91. The number of halogens is 3. The SMILES string of the molecule is OC[C@H]1O[C@@H](OCCCCc2ccc(OCc3ccccc3C(F)(F)F)cc2)[C@H](O)[C@@H](O)[C@@H]1O. The van der Waals surface area contributed by atoms with Crippen LogP contribution in [-0.2, 0) is 28.7 Å². The lowest BCUT2D eigenvalue weighted by Crippen LogP contribution is -2.59. The van der Waals surface area contributed by atoms with Crippen LogP contribution in [0.25, 0.3) is 0 Å². The van der Waals surface area contributed by atoms with Crippen molar-refractivity contribution in [1.29, 1.82) is 0 Å². The van der Waals surface area contributed by atoms with Crippen LogP contribution < -0.4 is 4.74 Å². The molecular formula is C24H29F3O7. The predicted molar refractivity (Wildman–Crippen MR) is 115 cm³/mol. The van der Waals surface area contributed by atoms with Gasteiger partial charge in [-0.1, -0.05) is 30.3 Å². The van der Waals surface area contributed by atoms with E-state index in [-0.39, 0.29) is 18.8 Å². The zero-order valence-corrected chi connectivity index (χ0v) is 18.4. The number of hydrogen-bond donors (Lipinski definition) is 4. The molecule has 1 saturated heterocycles. The highest BCUT2D eigenvalue weighted by Gasteiger charge is 2.43. The predicted octanol–water partition coefficient (Wildman–Crippen LogP) is 2.42. The van der Waals surface area contributed by atoms with Crippen molar-refractivity contribution in [2.24, 2.45) is 0 Å². The summed E-state index contributed by atoms with van der Waals surface area (Å²) < 4.78 is 55.5. The summed E-state index contributed by atoms with van der Waals surface area (Å²) in [7, 11) is 0. The molecular weight excluding hydrogens is 457 g/mol. The van der Waals surface area contributed by atoms with E-state index < -0.39 is 49.1 Å². The van der Waals surface area contributed by atoms with E-state index in [1.807, 2.05) is 12.1 Å². The summed E-state index contributed by atoms with van der Waals surface area (Å²) in [6, 6.07) is 12.4. The van der Waals surface area contributed by atoms with Gasteiger partial charge in [0.1, 0.15) is 36.8 Å². The molecule has 0 aromatic heterocycles. The Morgan fingerprint density at radius 3 is 2.26 bits per heavy atom. The lowest BCUT2D eigenvalue weighted by molar-refractivity contribution is -0.301. The first-order valence-electron chi connectivity index (χ1n) is 11.0. The summed E-state index contributed by atoms with van der Waals surface area (Å²) in [4.78, 5) is 0. The molecule has 0 aliphatic carbocycles. The average molecular weight is 486 g/mol. The number of ether oxygens (including phenoxy) is 3. The Labute approximate surface area is 195 Å². The van der Waals surface area contributed by atoms with E-state index >= 15 is 0 Å². The van der Waals surface area contributed by atoms with Crippen molar-refractivity contribution in [2.75, 3.05) is 13.2 Å². The number of rotatable bonds is 10. The summed E-state index contributed by atoms with van der Waals surface area (Å²) in [5, 5.41) is 38.7. The molecule has 2 aromatic carbocycles. The minimum atomic E-state index is -4.43. The van der Waals surface area contributed by atoms with Gasteiger partial charge in [0.2, 0.25) is 0 Å². The van der Waals surface area contributed by atoms with Gasteiger partial charge < -0.3 is 34.6 Å². The van der Waals surface area contributed by atoms with E-state index in [2.05, 4.69) is 0 Å². The summed E-state index contributed by atoms with van der Waals surface area (Å²) in [5.74, 6) is 0.465. The molecule has 2 aromatic rings. The fourth-order valence-electron chi connectivity index (χ4n) is 3.67. The van der Waals surface area contributed by atoms with Crippen LogP contribution in [0, 0.1) is 0 Å². The second-order valence-corrected chi connectivity index (χ2v) is 8.11. The van der Waals surface area contributed by atoms with Gasteiger partial charge >= 0.3 is 6.18 Å². The van der Waals surface area contributed by atoms with Gasteiger partial charge in [-0.2, -0.15) is 13.2 Å².